The fourth-order valence-electron chi connectivity index (χ4n) is 2.80. The van der Waals surface area contributed by atoms with E-state index in [-0.39, 0.29) is 12.3 Å². The van der Waals surface area contributed by atoms with Crippen molar-refractivity contribution >= 4 is 28.2 Å². The SMILES string of the molecule is CCOC(=O)c1c(NC(=O)c2nnn(Cc3ccccc3)c2C)sc(C)c1C. The number of nitrogens with one attached hydrogen (secondary N) is 1. The second-order valence-electron chi connectivity index (χ2n) is 6.33. The third kappa shape index (κ3) is 3.96. The van der Waals surface area contributed by atoms with Crippen molar-refractivity contribution in [1.82, 2.24) is 15.0 Å². The van der Waals surface area contributed by atoms with E-state index in [0.29, 0.717) is 22.8 Å². The molecule has 28 heavy (non-hydrogen) atoms. The van der Waals surface area contributed by atoms with Crippen molar-refractivity contribution in [1.29, 1.82) is 0 Å². The van der Waals surface area contributed by atoms with Crippen molar-refractivity contribution in [3.63, 3.8) is 0 Å². The highest BCUT2D eigenvalue weighted by Crippen LogP contribution is 2.33. The summed E-state index contributed by atoms with van der Waals surface area (Å²) in [5, 5.41) is 11.4. The van der Waals surface area contributed by atoms with Crippen molar-refractivity contribution < 1.29 is 14.3 Å². The molecular formula is C20H22N4O3S. The molecule has 0 bridgehead atoms. The summed E-state index contributed by atoms with van der Waals surface area (Å²) in [7, 11) is 0. The molecular weight excluding hydrogens is 376 g/mol. The number of aromatic nitrogens is 3. The molecule has 1 aromatic carbocycles. The number of hydrogen-bond donors (Lipinski definition) is 1. The van der Waals surface area contributed by atoms with Gasteiger partial charge in [0.25, 0.3) is 5.91 Å². The Morgan fingerprint density at radius 1 is 1.18 bits per heavy atom. The van der Waals surface area contributed by atoms with Crippen molar-refractivity contribution in [3.05, 3.63) is 63.3 Å². The molecule has 3 aromatic rings. The number of carbonyl (C=O) groups excluding carboxylic acids is 2. The van der Waals surface area contributed by atoms with Crippen LogP contribution < -0.4 is 5.32 Å². The van der Waals surface area contributed by atoms with Crippen molar-refractivity contribution in [3.8, 4) is 0 Å². The highest BCUT2D eigenvalue weighted by Gasteiger charge is 2.24. The number of nitrogens with zero attached hydrogens (tertiary/aromatic N) is 3. The standard InChI is InChI=1S/C20H22N4O3S/c1-5-27-20(26)16-12(2)14(4)28-19(16)21-18(25)17-13(3)24(23-22-17)11-15-9-7-6-8-10-15/h6-10H,5,11H2,1-4H3,(H,21,25). The summed E-state index contributed by atoms with van der Waals surface area (Å²) >= 11 is 1.35. The first-order valence-corrected chi connectivity index (χ1v) is 9.76. The molecule has 0 fully saturated rings. The van der Waals surface area contributed by atoms with E-state index in [4.69, 9.17) is 4.74 Å². The minimum Gasteiger partial charge on any atom is -0.462 e. The third-order valence-electron chi connectivity index (χ3n) is 4.46. The second kappa shape index (κ2) is 8.35. The largest absolute Gasteiger partial charge is 0.462 e. The van der Waals surface area contributed by atoms with Gasteiger partial charge >= 0.3 is 5.97 Å². The van der Waals surface area contributed by atoms with Crippen LogP contribution in [0.2, 0.25) is 0 Å². The van der Waals surface area contributed by atoms with Gasteiger partial charge in [0.15, 0.2) is 5.69 Å². The first kappa shape index (κ1) is 19.8. The molecule has 1 amide bonds. The molecule has 0 unspecified atom stereocenters. The highest BCUT2D eigenvalue weighted by molar-refractivity contribution is 7.16. The lowest BCUT2D eigenvalue weighted by Gasteiger charge is -2.07. The summed E-state index contributed by atoms with van der Waals surface area (Å²) < 4.78 is 6.81. The Morgan fingerprint density at radius 3 is 2.57 bits per heavy atom. The van der Waals surface area contributed by atoms with Gasteiger partial charge in [-0.05, 0) is 38.8 Å². The minimum absolute atomic E-state index is 0.231. The number of thiophene rings is 1. The number of esters is 1. The topological polar surface area (TPSA) is 86.1 Å². The van der Waals surface area contributed by atoms with E-state index < -0.39 is 11.9 Å². The summed E-state index contributed by atoms with van der Waals surface area (Å²) in [6.45, 7) is 8.09. The van der Waals surface area contributed by atoms with Gasteiger partial charge in [-0.15, -0.1) is 16.4 Å². The number of ether oxygens (including phenoxy) is 1. The zero-order valence-electron chi connectivity index (χ0n) is 16.3. The van der Waals surface area contributed by atoms with Crippen molar-refractivity contribution in [2.75, 3.05) is 11.9 Å². The summed E-state index contributed by atoms with van der Waals surface area (Å²) in [5.41, 5.74) is 3.16. The van der Waals surface area contributed by atoms with E-state index in [1.165, 1.54) is 11.3 Å². The zero-order valence-corrected chi connectivity index (χ0v) is 17.1. The molecule has 2 aromatic heterocycles. The van der Waals surface area contributed by atoms with Crippen LogP contribution >= 0.6 is 11.3 Å². The van der Waals surface area contributed by atoms with Crippen LogP contribution in [-0.4, -0.2) is 33.5 Å². The van der Waals surface area contributed by atoms with Gasteiger partial charge in [0.05, 0.1) is 24.4 Å². The lowest BCUT2D eigenvalue weighted by molar-refractivity contribution is 0.0527. The van der Waals surface area contributed by atoms with Gasteiger partial charge in [-0.3, -0.25) is 4.79 Å². The fourth-order valence-corrected chi connectivity index (χ4v) is 3.85. The first-order chi connectivity index (χ1) is 13.4. The predicted molar refractivity (Wildman–Crippen MR) is 108 cm³/mol. The number of hydrogen-bond acceptors (Lipinski definition) is 6. The maximum absolute atomic E-state index is 12.8. The summed E-state index contributed by atoms with van der Waals surface area (Å²) in [6.07, 6.45) is 0. The Bertz CT molecular complexity index is 1010. The smallest absolute Gasteiger partial charge is 0.341 e. The number of benzene rings is 1. The Hall–Kier alpha value is -3.00. The van der Waals surface area contributed by atoms with E-state index >= 15 is 0 Å². The average Bonchev–Trinajstić information content (AvgIpc) is 3.16. The molecule has 2 heterocycles. The van der Waals surface area contributed by atoms with Crippen LogP contribution in [0.15, 0.2) is 30.3 Å². The van der Waals surface area contributed by atoms with Gasteiger partial charge < -0.3 is 10.1 Å². The van der Waals surface area contributed by atoms with Gasteiger partial charge in [-0.2, -0.15) is 0 Å². The number of anilines is 1. The first-order valence-electron chi connectivity index (χ1n) is 8.94. The van der Waals surface area contributed by atoms with E-state index in [2.05, 4.69) is 15.6 Å². The van der Waals surface area contributed by atoms with Gasteiger partial charge in [0.2, 0.25) is 0 Å². The molecule has 0 saturated heterocycles. The number of aryl methyl sites for hydroxylation is 1. The summed E-state index contributed by atoms with van der Waals surface area (Å²) in [6, 6.07) is 9.83. The van der Waals surface area contributed by atoms with E-state index in [1.54, 1.807) is 18.5 Å². The molecule has 0 aliphatic heterocycles. The molecule has 0 atom stereocenters. The zero-order chi connectivity index (χ0) is 20.3. The number of carbonyl (C=O) groups is 2. The maximum Gasteiger partial charge on any atom is 0.341 e. The molecule has 0 aliphatic rings. The van der Waals surface area contributed by atoms with Crippen LogP contribution in [0.1, 0.15) is 49.5 Å². The molecule has 0 radical (unpaired) electrons. The van der Waals surface area contributed by atoms with Crippen LogP contribution in [0.25, 0.3) is 0 Å². The van der Waals surface area contributed by atoms with Gasteiger partial charge in [0.1, 0.15) is 5.00 Å². The van der Waals surface area contributed by atoms with Crippen LogP contribution in [0.3, 0.4) is 0 Å². The lowest BCUT2D eigenvalue weighted by Crippen LogP contribution is -2.16. The molecule has 7 nitrogen and oxygen atoms in total. The molecule has 146 valence electrons. The summed E-state index contributed by atoms with van der Waals surface area (Å²) in [5.74, 6) is -0.840. The Kier molecular flexibility index (Phi) is 5.89. The second-order valence-corrected chi connectivity index (χ2v) is 7.55. The minimum atomic E-state index is -0.441. The molecule has 0 spiro atoms. The van der Waals surface area contributed by atoms with Crippen LogP contribution in [0.5, 0.6) is 0 Å². The number of rotatable bonds is 6. The van der Waals surface area contributed by atoms with Crippen molar-refractivity contribution in [2.24, 2.45) is 0 Å². The monoisotopic (exact) mass is 398 g/mol. The Morgan fingerprint density at radius 2 is 1.89 bits per heavy atom. The van der Waals surface area contributed by atoms with Crippen LogP contribution in [-0.2, 0) is 11.3 Å². The maximum atomic E-state index is 12.8. The van der Waals surface area contributed by atoms with E-state index in [1.807, 2.05) is 44.2 Å². The molecule has 0 aliphatic carbocycles. The molecule has 3 rings (SSSR count). The van der Waals surface area contributed by atoms with E-state index in [0.717, 1.165) is 16.0 Å². The third-order valence-corrected chi connectivity index (χ3v) is 5.59. The van der Waals surface area contributed by atoms with Gasteiger partial charge in [0, 0.05) is 4.88 Å². The molecule has 8 heteroatoms. The fraction of sp³-hybridized carbons (Fsp3) is 0.300. The quantitative estimate of drug-likeness (QED) is 0.639. The van der Waals surface area contributed by atoms with Crippen LogP contribution in [0, 0.1) is 20.8 Å². The molecule has 1 N–H and O–H groups in total. The Labute approximate surface area is 167 Å². The van der Waals surface area contributed by atoms with Crippen molar-refractivity contribution in [2.45, 2.75) is 34.2 Å². The highest BCUT2D eigenvalue weighted by atomic mass is 32.1. The predicted octanol–water partition coefficient (Wildman–Crippen LogP) is 3.74. The summed E-state index contributed by atoms with van der Waals surface area (Å²) in [4.78, 5) is 26.0. The van der Waals surface area contributed by atoms with Crippen LogP contribution in [0.4, 0.5) is 5.00 Å². The van der Waals surface area contributed by atoms with Gasteiger partial charge in [-0.1, -0.05) is 35.5 Å². The lowest BCUT2D eigenvalue weighted by atomic mass is 10.1. The Balaban J connectivity index is 1.83. The average molecular weight is 398 g/mol. The van der Waals surface area contributed by atoms with Gasteiger partial charge in [-0.25, -0.2) is 9.48 Å². The normalized spacial score (nSPS) is 10.7. The van der Waals surface area contributed by atoms with E-state index in [9.17, 15) is 9.59 Å². The number of amides is 1. The molecule has 0 saturated carbocycles.